The minimum absolute atomic E-state index is 0.220. The van der Waals surface area contributed by atoms with E-state index in [-0.39, 0.29) is 19.1 Å². The topological polar surface area (TPSA) is 117 Å². The maximum absolute atomic E-state index is 13.5. The molecule has 0 saturated carbocycles. The van der Waals surface area contributed by atoms with Gasteiger partial charge in [-0.25, -0.2) is 9.59 Å². The zero-order valence-corrected chi connectivity index (χ0v) is 21.8. The summed E-state index contributed by atoms with van der Waals surface area (Å²) in [4.78, 5) is 39.9. The van der Waals surface area contributed by atoms with E-state index in [1.165, 1.54) is 6.08 Å². The van der Waals surface area contributed by atoms with E-state index in [9.17, 15) is 19.5 Å². The fourth-order valence-electron chi connectivity index (χ4n) is 4.15. The minimum atomic E-state index is -1.14. The normalized spacial score (nSPS) is 15.9. The van der Waals surface area contributed by atoms with Crippen LogP contribution in [0.15, 0.2) is 72.8 Å². The molecular weight excluding hydrogens is 486 g/mol. The van der Waals surface area contributed by atoms with Crippen molar-refractivity contribution in [3.05, 3.63) is 83.9 Å². The van der Waals surface area contributed by atoms with Crippen molar-refractivity contribution in [2.75, 3.05) is 32.9 Å². The highest BCUT2D eigenvalue weighted by Crippen LogP contribution is 2.11. The van der Waals surface area contributed by atoms with Crippen LogP contribution in [0, 0.1) is 0 Å². The molecule has 2 aromatic carbocycles. The van der Waals surface area contributed by atoms with E-state index >= 15 is 0 Å². The van der Waals surface area contributed by atoms with Crippen LogP contribution >= 0.6 is 0 Å². The third-order valence-corrected chi connectivity index (χ3v) is 6.24. The lowest BCUT2D eigenvalue weighted by Gasteiger charge is -2.30. The number of urea groups is 1. The first-order valence-electron chi connectivity index (χ1n) is 13.0. The van der Waals surface area contributed by atoms with Gasteiger partial charge in [0.05, 0.1) is 32.0 Å². The van der Waals surface area contributed by atoms with Crippen molar-refractivity contribution in [2.24, 2.45) is 0 Å². The Morgan fingerprint density at radius 3 is 2.26 bits per heavy atom. The van der Waals surface area contributed by atoms with Crippen molar-refractivity contribution in [3.8, 4) is 0 Å². The van der Waals surface area contributed by atoms with Crippen LogP contribution in [0.4, 0.5) is 4.79 Å². The highest BCUT2D eigenvalue weighted by Gasteiger charge is 2.28. The lowest BCUT2D eigenvalue weighted by atomic mass is 9.99. The highest BCUT2D eigenvalue weighted by molar-refractivity contribution is 5.87. The van der Waals surface area contributed by atoms with Gasteiger partial charge >= 0.3 is 12.0 Å². The number of morpholine rings is 1. The van der Waals surface area contributed by atoms with Gasteiger partial charge in [0.2, 0.25) is 5.91 Å². The summed E-state index contributed by atoms with van der Waals surface area (Å²) in [5.74, 6) is -0.989. The SMILES string of the molecule is CCOC(=O)/C=C/[C@@H](O)[C@H](CCc1ccccc1)NC(=O)[C@H](Cc1ccccc1)NC(=O)N1CCOCC1. The first-order chi connectivity index (χ1) is 18.5. The van der Waals surface area contributed by atoms with E-state index in [4.69, 9.17) is 9.47 Å². The molecule has 3 rings (SSSR count). The summed E-state index contributed by atoms with van der Waals surface area (Å²) in [7, 11) is 0. The summed E-state index contributed by atoms with van der Waals surface area (Å²) in [5, 5.41) is 16.7. The molecule has 0 radical (unpaired) electrons. The molecule has 0 unspecified atom stereocenters. The molecular formula is C29H37N3O6. The molecule has 1 heterocycles. The number of aliphatic hydroxyl groups excluding tert-OH is 1. The molecule has 3 atom stereocenters. The quantitative estimate of drug-likeness (QED) is 0.290. The number of benzene rings is 2. The van der Waals surface area contributed by atoms with Crippen molar-refractivity contribution in [1.29, 1.82) is 0 Å². The van der Waals surface area contributed by atoms with Gasteiger partial charge in [-0.15, -0.1) is 0 Å². The average Bonchev–Trinajstić information content (AvgIpc) is 2.95. The zero-order chi connectivity index (χ0) is 27.2. The number of rotatable bonds is 12. The lowest BCUT2D eigenvalue weighted by Crippen LogP contribution is -2.56. The molecule has 9 heteroatoms. The number of nitrogens with one attached hydrogen (secondary N) is 2. The smallest absolute Gasteiger partial charge is 0.330 e. The molecule has 38 heavy (non-hydrogen) atoms. The molecule has 1 saturated heterocycles. The van der Waals surface area contributed by atoms with Crippen LogP contribution in [0.25, 0.3) is 0 Å². The number of aryl methyl sites for hydroxylation is 1. The average molecular weight is 524 g/mol. The molecule has 0 aliphatic carbocycles. The Morgan fingerprint density at radius 2 is 1.63 bits per heavy atom. The summed E-state index contributed by atoms with van der Waals surface area (Å²) in [6.45, 7) is 3.71. The predicted molar refractivity (Wildman–Crippen MR) is 143 cm³/mol. The number of carbonyl (C=O) groups excluding carboxylic acids is 3. The zero-order valence-electron chi connectivity index (χ0n) is 21.8. The van der Waals surface area contributed by atoms with Crippen LogP contribution in [0.2, 0.25) is 0 Å². The van der Waals surface area contributed by atoms with Gasteiger partial charge in [-0.3, -0.25) is 4.79 Å². The van der Waals surface area contributed by atoms with Crippen molar-refractivity contribution in [3.63, 3.8) is 0 Å². The second-order valence-electron chi connectivity index (χ2n) is 9.03. The Labute approximate surface area is 223 Å². The van der Waals surface area contributed by atoms with Gasteiger partial charge in [0.25, 0.3) is 0 Å². The number of nitrogens with zero attached hydrogens (tertiary/aromatic N) is 1. The van der Waals surface area contributed by atoms with Gasteiger partial charge in [-0.1, -0.05) is 60.7 Å². The molecule has 1 aliphatic rings. The minimum Gasteiger partial charge on any atom is -0.463 e. The number of esters is 1. The Balaban J connectivity index is 1.75. The summed E-state index contributed by atoms with van der Waals surface area (Å²) < 4.78 is 10.2. The largest absolute Gasteiger partial charge is 0.463 e. The van der Waals surface area contributed by atoms with Crippen molar-refractivity contribution < 1.29 is 29.0 Å². The fraction of sp³-hybridized carbons (Fsp3) is 0.414. The lowest BCUT2D eigenvalue weighted by molar-refractivity contribution is -0.137. The number of aliphatic hydroxyl groups is 1. The van der Waals surface area contributed by atoms with Gasteiger partial charge in [0.15, 0.2) is 0 Å². The van der Waals surface area contributed by atoms with Crippen molar-refractivity contribution >= 4 is 17.9 Å². The standard InChI is InChI=1S/C29H37N3O6/c1-2-38-27(34)16-15-26(33)24(14-13-22-9-5-3-6-10-22)30-28(35)25(21-23-11-7-4-8-12-23)31-29(36)32-17-19-37-20-18-32/h3-12,15-16,24-26,33H,2,13-14,17-21H2,1H3,(H,30,35)(H,31,36)/b16-15+/t24-,25-,26+/m0/s1. The molecule has 0 spiro atoms. The third kappa shape index (κ3) is 9.64. The molecule has 9 nitrogen and oxygen atoms in total. The third-order valence-electron chi connectivity index (χ3n) is 6.24. The summed E-state index contributed by atoms with van der Waals surface area (Å²) in [6, 6.07) is 17.2. The number of amides is 3. The predicted octanol–water partition coefficient (Wildman–Crippen LogP) is 2.24. The van der Waals surface area contributed by atoms with E-state index in [1.54, 1.807) is 11.8 Å². The van der Waals surface area contributed by atoms with Crippen LogP contribution in [-0.4, -0.2) is 79.0 Å². The van der Waals surface area contributed by atoms with E-state index in [2.05, 4.69) is 10.6 Å². The molecule has 0 aromatic heterocycles. The second-order valence-corrected chi connectivity index (χ2v) is 9.03. The first kappa shape index (κ1) is 28.9. The maximum Gasteiger partial charge on any atom is 0.330 e. The molecule has 1 fully saturated rings. The van der Waals surface area contributed by atoms with E-state index < -0.39 is 30.1 Å². The van der Waals surface area contributed by atoms with Gasteiger partial charge in [-0.05, 0) is 37.0 Å². The number of ether oxygens (including phenoxy) is 2. The Bertz CT molecular complexity index is 1040. The molecule has 204 valence electrons. The molecule has 3 amide bonds. The van der Waals surface area contributed by atoms with Crippen molar-refractivity contribution in [2.45, 2.75) is 44.4 Å². The van der Waals surface area contributed by atoms with Gasteiger partial charge in [-0.2, -0.15) is 0 Å². The number of hydrogen-bond acceptors (Lipinski definition) is 6. The van der Waals surface area contributed by atoms with Crippen LogP contribution in [0.5, 0.6) is 0 Å². The Kier molecular flexibility index (Phi) is 11.8. The second kappa shape index (κ2) is 15.5. The molecule has 0 bridgehead atoms. The number of hydrogen-bond donors (Lipinski definition) is 3. The van der Waals surface area contributed by atoms with Gasteiger partial charge in [0, 0.05) is 25.6 Å². The molecule has 2 aromatic rings. The van der Waals surface area contributed by atoms with E-state index in [1.807, 2.05) is 60.7 Å². The van der Waals surface area contributed by atoms with Crippen LogP contribution in [0.1, 0.15) is 24.5 Å². The Hall–Kier alpha value is -3.69. The van der Waals surface area contributed by atoms with Crippen LogP contribution in [-0.2, 0) is 31.9 Å². The highest BCUT2D eigenvalue weighted by atomic mass is 16.5. The van der Waals surface area contributed by atoms with Crippen LogP contribution < -0.4 is 10.6 Å². The Morgan fingerprint density at radius 1 is 1.00 bits per heavy atom. The molecule has 3 N–H and O–H groups in total. The maximum atomic E-state index is 13.5. The van der Waals surface area contributed by atoms with Gasteiger partial charge in [0.1, 0.15) is 6.04 Å². The summed E-state index contributed by atoms with van der Waals surface area (Å²) >= 11 is 0. The van der Waals surface area contributed by atoms with Gasteiger partial charge < -0.3 is 30.1 Å². The monoisotopic (exact) mass is 523 g/mol. The van der Waals surface area contributed by atoms with Crippen LogP contribution in [0.3, 0.4) is 0 Å². The summed E-state index contributed by atoms with van der Waals surface area (Å²) in [5.41, 5.74) is 1.94. The molecule has 1 aliphatic heterocycles. The van der Waals surface area contributed by atoms with E-state index in [0.29, 0.717) is 39.1 Å². The fourth-order valence-corrected chi connectivity index (χ4v) is 4.15. The van der Waals surface area contributed by atoms with E-state index in [0.717, 1.165) is 17.2 Å². The van der Waals surface area contributed by atoms with Crippen molar-refractivity contribution in [1.82, 2.24) is 15.5 Å². The number of carbonyl (C=O) groups is 3. The summed E-state index contributed by atoms with van der Waals surface area (Å²) in [6.07, 6.45) is 2.64. The first-order valence-corrected chi connectivity index (χ1v) is 13.0.